The number of halogens is 4. The van der Waals surface area contributed by atoms with Crippen LogP contribution in [0.2, 0.25) is 0 Å². The zero-order valence-corrected chi connectivity index (χ0v) is 18.6. The van der Waals surface area contributed by atoms with Crippen molar-refractivity contribution in [3.63, 3.8) is 0 Å². The van der Waals surface area contributed by atoms with Gasteiger partial charge in [0.05, 0.1) is 24.1 Å². The minimum Gasteiger partial charge on any atom is -0.365 e. The maximum atomic E-state index is 13.5. The molecule has 2 saturated heterocycles. The molecule has 1 amide bonds. The van der Waals surface area contributed by atoms with E-state index in [1.165, 1.54) is 12.1 Å². The summed E-state index contributed by atoms with van der Waals surface area (Å²) in [5, 5.41) is 0. The predicted octanol–water partition coefficient (Wildman–Crippen LogP) is 3.15. The van der Waals surface area contributed by atoms with Crippen molar-refractivity contribution in [2.75, 3.05) is 36.0 Å². The smallest absolute Gasteiger partial charge is 0.365 e. The molecule has 4 rings (SSSR count). The molecule has 33 heavy (non-hydrogen) atoms. The fraction of sp³-hybridized carbons (Fsp3) is 0.455. The van der Waals surface area contributed by atoms with Gasteiger partial charge in [0, 0.05) is 37.1 Å². The maximum absolute atomic E-state index is 13.5. The lowest BCUT2D eigenvalue weighted by atomic mass is 9.96. The molecule has 0 radical (unpaired) electrons. The van der Waals surface area contributed by atoms with E-state index in [9.17, 15) is 26.6 Å². The summed E-state index contributed by atoms with van der Waals surface area (Å²) in [5.41, 5.74) is 1.13. The molecule has 11 heteroatoms. The van der Waals surface area contributed by atoms with Crippen LogP contribution in [0.3, 0.4) is 0 Å². The number of alkyl halides is 3. The van der Waals surface area contributed by atoms with Crippen LogP contribution in [0, 0.1) is 11.7 Å². The van der Waals surface area contributed by atoms with E-state index in [0.717, 1.165) is 18.0 Å². The van der Waals surface area contributed by atoms with Crippen molar-refractivity contribution in [3.05, 3.63) is 53.9 Å². The van der Waals surface area contributed by atoms with Gasteiger partial charge in [0.15, 0.2) is 0 Å². The highest BCUT2D eigenvalue weighted by atomic mass is 32.2. The fourth-order valence-corrected chi connectivity index (χ4v) is 5.96. The van der Waals surface area contributed by atoms with Gasteiger partial charge in [-0.25, -0.2) is 14.4 Å². The maximum Gasteiger partial charge on any atom is 0.451 e. The van der Waals surface area contributed by atoms with Gasteiger partial charge in [0.1, 0.15) is 5.82 Å². The topological polar surface area (TPSA) is 66.4 Å². The Kier molecular flexibility index (Phi) is 6.35. The third kappa shape index (κ3) is 5.29. The molecule has 2 aliphatic heterocycles. The van der Waals surface area contributed by atoms with Crippen LogP contribution in [0.25, 0.3) is 0 Å². The highest BCUT2D eigenvalue weighted by Crippen LogP contribution is 2.33. The van der Waals surface area contributed by atoms with E-state index in [4.69, 9.17) is 0 Å². The largest absolute Gasteiger partial charge is 0.451 e. The Labute approximate surface area is 189 Å². The summed E-state index contributed by atoms with van der Waals surface area (Å²) >= 11 is 0. The first-order valence-electron chi connectivity index (χ1n) is 10.6. The Morgan fingerprint density at radius 3 is 2.24 bits per heavy atom. The molecule has 6 nitrogen and oxygen atoms in total. The standard InChI is InChI=1S/C22H24F4N4O2S/c1-33(32)10-6-16(7-11-33)20(31)30-9-8-29(14-19(30)15-2-4-17(23)5-3-15)18-12-27-21(28-13-18)22(24,25)26/h2-5,12-13,16,19H,1,6-11,14H2. The Hall–Kier alpha value is -2.69. The highest BCUT2D eigenvalue weighted by Gasteiger charge is 2.38. The Morgan fingerprint density at radius 1 is 1.06 bits per heavy atom. The lowest BCUT2D eigenvalue weighted by Gasteiger charge is -2.44. The van der Waals surface area contributed by atoms with Crippen molar-refractivity contribution >= 4 is 27.0 Å². The number of amides is 1. The van der Waals surface area contributed by atoms with Crippen molar-refractivity contribution in [2.24, 2.45) is 5.92 Å². The van der Waals surface area contributed by atoms with Gasteiger partial charge in [-0.15, -0.1) is 0 Å². The summed E-state index contributed by atoms with van der Waals surface area (Å²) in [6, 6.07) is 5.42. The van der Waals surface area contributed by atoms with Crippen LogP contribution < -0.4 is 4.90 Å². The second-order valence-electron chi connectivity index (χ2n) is 8.46. The van der Waals surface area contributed by atoms with E-state index < -0.39 is 33.4 Å². The van der Waals surface area contributed by atoms with Crippen molar-refractivity contribution in [2.45, 2.75) is 25.1 Å². The first-order valence-corrected chi connectivity index (χ1v) is 12.6. The van der Waals surface area contributed by atoms with Crippen LogP contribution in [-0.2, 0) is 20.5 Å². The third-order valence-electron chi connectivity index (χ3n) is 6.20. The lowest BCUT2D eigenvalue weighted by molar-refractivity contribution is -0.145. The first kappa shape index (κ1) is 23.5. The molecular weight excluding hydrogens is 460 g/mol. The molecule has 2 fully saturated rings. The number of piperazine rings is 1. The van der Waals surface area contributed by atoms with Gasteiger partial charge in [0.25, 0.3) is 0 Å². The van der Waals surface area contributed by atoms with E-state index in [0.29, 0.717) is 49.7 Å². The van der Waals surface area contributed by atoms with E-state index in [1.807, 2.05) is 4.90 Å². The van der Waals surface area contributed by atoms with Gasteiger partial charge in [-0.2, -0.15) is 13.2 Å². The second-order valence-corrected chi connectivity index (χ2v) is 11.2. The van der Waals surface area contributed by atoms with Crippen molar-refractivity contribution in [3.8, 4) is 0 Å². The fourth-order valence-electron chi connectivity index (χ4n) is 4.32. The molecule has 0 aliphatic carbocycles. The van der Waals surface area contributed by atoms with Gasteiger partial charge in [-0.05, 0) is 45.9 Å². The van der Waals surface area contributed by atoms with Gasteiger partial charge in [0.2, 0.25) is 11.7 Å². The van der Waals surface area contributed by atoms with Crippen molar-refractivity contribution < 1.29 is 26.6 Å². The number of hydrogen-bond acceptors (Lipinski definition) is 5. The SMILES string of the molecule is C=S1(=O)CCC(C(=O)N2CCN(c3cnc(C(F)(F)F)nc3)CC2c2ccc(F)cc2)CC1. The predicted molar refractivity (Wildman–Crippen MR) is 118 cm³/mol. The molecule has 2 aliphatic rings. The zero-order valence-electron chi connectivity index (χ0n) is 17.8. The number of aromatic nitrogens is 2. The Balaban J connectivity index is 1.57. The first-order chi connectivity index (χ1) is 15.5. The van der Waals surface area contributed by atoms with Crippen LogP contribution >= 0.6 is 0 Å². The molecule has 1 atom stereocenters. The number of benzene rings is 1. The molecule has 1 aromatic carbocycles. The van der Waals surface area contributed by atoms with Crippen LogP contribution in [0.1, 0.15) is 30.3 Å². The summed E-state index contributed by atoms with van der Waals surface area (Å²) in [5.74, 6) is 2.64. The van der Waals surface area contributed by atoms with Gasteiger partial charge >= 0.3 is 6.18 Å². The molecule has 2 aromatic rings. The van der Waals surface area contributed by atoms with E-state index in [2.05, 4.69) is 15.8 Å². The molecule has 1 unspecified atom stereocenters. The van der Waals surface area contributed by atoms with Crippen molar-refractivity contribution in [1.82, 2.24) is 14.9 Å². The molecule has 178 valence electrons. The monoisotopic (exact) mass is 484 g/mol. The Morgan fingerprint density at radius 2 is 1.67 bits per heavy atom. The van der Waals surface area contributed by atoms with Crippen LogP contribution in [0.4, 0.5) is 23.2 Å². The average Bonchev–Trinajstić information content (AvgIpc) is 2.78. The van der Waals surface area contributed by atoms with E-state index >= 15 is 0 Å². The summed E-state index contributed by atoms with van der Waals surface area (Å²) in [4.78, 5) is 23.8. The molecule has 0 saturated carbocycles. The normalized spacial score (nSPS) is 26.3. The lowest BCUT2D eigenvalue weighted by Crippen LogP contribution is -2.53. The number of rotatable bonds is 3. The van der Waals surface area contributed by atoms with E-state index in [-0.39, 0.29) is 11.8 Å². The minimum atomic E-state index is -4.63. The van der Waals surface area contributed by atoms with Crippen LogP contribution in [0.5, 0.6) is 0 Å². The quantitative estimate of drug-likeness (QED) is 0.495. The molecule has 3 heterocycles. The van der Waals surface area contributed by atoms with Gasteiger partial charge in [-0.1, -0.05) is 12.1 Å². The molecular formula is C22H24F4N4O2S. The van der Waals surface area contributed by atoms with Crippen LogP contribution in [0.15, 0.2) is 36.7 Å². The summed E-state index contributed by atoms with van der Waals surface area (Å²) in [6.45, 7) is 1.01. The number of carbonyl (C=O) groups is 1. The highest BCUT2D eigenvalue weighted by molar-refractivity contribution is 8.00. The van der Waals surface area contributed by atoms with Crippen LogP contribution in [-0.4, -0.2) is 62.0 Å². The molecule has 0 spiro atoms. The second kappa shape index (κ2) is 8.92. The van der Waals surface area contributed by atoms with Gasteiger partial charge in [-0.3, -0.25) is 9.00 Å². The van der Waals surface area contributed by atoms with Gasteiger partial charge < -0.3 is 9.80 Å². The minimum absolute atomic E-state index is 0.0532. The Bertz CT molecular complexity index is 1090. The summed E-state index contributed by atoms with van der Waals surface area (Å²) in [7, 11) is -2.12. The zero-order chi connectivity index (χ0) is 23.8. The van der Waals surface area contributed by atoms with E-state index in [1.54, 1.807) is 17.0 Å². The number of hydrogen-bond donors (Lipinski definition) is 0. The third-order valence-corrected chi connectivity index (χ3v) is 8.16. The number of anilines is 1. The molecule has 1 aromatic heterocycles. The summed E-state index contributed by atoms with van der Waals surface area (Å²) in [6.07, 6.45) is -1.37. The summed E-state index contributed by atoms with van der Waals surface area (Å²) < 4.78 is 64.1. The molecule has 0 bridgehead atoms. The number of nitrogens with zero attached hydrogens (tertiary/aromatic N) is 4. The van der Waals surface area contributed by atoms with Crippen molar-refractivity contribution in [1.29, 1.82) is 0 Å². The average molecular weight is 485 g/mol. The molecule has 0 N–H and O–H groups in total. The number of carbonyl (C=O) groups excluding carboxylic acids is 1.